The third-order valence-corrected chi connectivity index (χ3v) is 5.35. The maximum absolute atomic E-state index is 13.0. The molecule has 3 aromatic rings. The summed E-state index contributed by atoms with van der Waals surface area (Å²) in [7, 11) is 0. The van der Waals surface area contributed by atoms with Gasteiger partial charge in [0.1, 0.15) is 0 Å². The second-order valence-corrected chi connectivity index (χ2v) is 8.25. The van der Waals surface area contributed by atoms with Crippen molar-refractivity contribution in [3.05, 3.63) is 88.2 Å². The zero-order chi connectivity index (χ0) is 20.6. The molecule has 0 bridgehead atoms. The van der Waals surface area contributed by atoms with Gasteiger partial charge in [0, 0.05) is 35.1 Å². The average Bonchev–Trinajstić information content (AvgIpc) is 3.11. The number of nitrogens with zero attached hydrogens (tertiary/aromatic N) is 2. The maximum atomic E-state index is 13.0. The molecule has 152 valence electrons. The zero-order valence-electron chi connectivity index (χ0n) is 17.1. The summed E-state index contributed by atoms with van der Waals surface area (Å²) in [4.78, 5) is 14.9. The van der Waals surface area contributed by atoms with Crippen molar-refractivity contribution in [2.45, 2.75) is 39.8 Å². The van der Waals surface area contributed by atoms with E-state index >= 15 is 0 Å². The number of carbonyl (C=O) groups excluding carboxylic acids is 1. The van der Waals surface area contributed by atoms with Gasteiger partial charge in [-0.2, -0.15) is 0 Å². The number of aromatic nitrogens is 1. The Hall–Kier alpha value is -2.53. The van der Waals surface area contributed by atoms with Gasteiger partial charge in [-0.05, 0) is 49.2 Å². The standard InChI is InChI=1S/C24H28BrN3O/c1-3-4-13-28(24(29)26-22-11-6-10-21(25)16-22)18-23-12-7-14-27(23)17-20-9-5-8-19(2)15-20/h5-12,14-16H,3-4,13,17-18H2,1-2H3,(H,26,29). The quantitative estimate of drug-likeness (QED) is 0.418. The lowest BCUT2D eigenvalue weighted by Gasteiger charge is -2.24. The molecule has 5 heteroatoms. The number of anilines is 1. The van der Waals surface area contributed by atoms with Crippen molar-refractivity contribution in [1.82, 2.24) is 9.47 Å². The van der Waals surface area contributed by atoms with E-state index in [2.05, 4.69) is 82.3 Å². The number of unbranched alkanes of at least 4 members (excludes halogenated alkanes) is 1. The van der Waals surface area contributed by atoms with E-state index in [1.807, 2.05) is 29.2 Å². The smallest absolute Gasteiger partial charge is 0.322 e. The fraction of sp³-hybridized carbons (Fsp3) is 0.292. The van der Waals surface area contributed by atoms with Crippen LogP contribution in [0, 0.1) is 6.92 Å². The van der Waals surface area contributed by atoms with Crippen LogP contribution in [0.3, 0.4) is 0 Å². The fourth-order valence-corrected chi connectivity index (χ4v) is 3.72. The van der Waals surface area contributed by atoms with Gasteiger partial charge in [-0.3, -0.25) is 0 Å². The van der Waals surface area contributed by atoms with Crippen molar-refractivity contribution in [2.24, 2.45) is 0 Å². The zero-order valence-corrected chi connectivity index (χ0v) is 18.7. The number of halogens is 1. The Labute approximate surface area is 181 Å². The molecule has 1 N–H and O–H groups in total. The Morgan fingerprint density at radius 1 is 1.10 bits per heavy atom. The number of nitrogens with one attached hydrogen (secondary N) is 1. The minimum Gasteiger partial charge on any atom is -0.345 e. The second kappa shape index (κ2) is 10.3. The summed E-state index contributed by atoms with van der Waals surface area (Å²) in [5, 5.41) is 3.03. The van der Waals surface area contributed by atoms with E-state index in [1.165, 1.54) is 11.1 Å². The molecule has 0 saturated carbocycles. The molecule has 1 heterocycles. The molecule has 29 heavy (non-hydrogen) atoms. The summed E-state index contributed by atoms with van der Waals surface area (Å²) in [6.45, 7) is 6.37. The molecule has 0 fully saturated rings. The Kier molecular flexibility index (Phi) is 7.53. The lowest BCUT2D eigenvalue weighted by molar-refractivity contribution is 0.207. The predicted octanol–water partition coefficient (Wildman–Crippen LogP) is 6.44. The lowest BCUT2D eigenvalue weighted by Crippen LogP contribution is -2.36. The van der Waals surface area contributed by atoms with Gasteiger partial charge in [0.2, 0.25) is 0 Å². The van der Waals surface area contributed by atoms with Crippen LogP contribution in [0.5, 0.6) is 0 Å². The van der Waals surface area contributed by atoms with E-state index in [9.17, 15) is 4.79 Å². The molecule has 4 nitrogen and oxygen atoms in total. The topological polar surface area (TPSA) is 37.3 Å². The largest absolute Gasteiger partial charge is 0.345 e. The molecule has 0 spiro atoms. The first kappa shape index (κ1) is 21.2. The average molecular weight is 454 g/mol. The van der Waals surface area contributed by atoms with E-state index in [4.69, 9.17) is 0 Å². The van der Waals surface area contributed by atoms with Crippen molar-refractivity contribution in [1.29, 1.82) is 0 Å². The molecule has 0 aliphatic rings. The molecular weight excluding hydrogens is 426 g/mol. The number of benzene rings is 2. The van der Waals surface area contributed by atoms with Crippen LogP contribution in [0.4, 0.5) is 10.5 Å². The highest BCUT2D eigenvalue weighted by atomic mass is 79.9. The number of aryl methyl sites for hydroxylation is 1. The van der Waals surface area contributed by atoms with Crippen LogP contribution in [0.1, 0.15) is 36.6 Å². The second-order valence-electron chi connectivity index (χ2n) is 7.33. The Bertz CT molecular complexity index is 951. The van der Waals surface area contributed by atoms with Crippen molar-refractivity contribution in [2.75, 3.05) is 11.9 Å². The highest BCUT2D eigenvalue weighted by molar-refractivity contribution is 9.10. The van der Waals surface area contributed by atoms with Crippen LogP contribution < -0.4 is 5.32 Å². The van der Waals surface area contributed by atoms with Gasteiger partial charge in [0.25, 0.3) is 0 Å². The van der Waals surface area contributed by atoms with Crippen LogP contribution in [0.15, 0.2) is 71.3 Å². The van der Waals surface area contributed by atoms with E-state index in [-0.39, 0.29) is 6.03 Å². The number of amides is 2. The summed E-state index contributed by atoms with van der Waals surface area (Å²) in [5.74, 6) is 0. The molecule has 2 aromatic carbocycles. The highest BCUT2D eigenvalue weighted by Crippen LogP contribution is 2.17. The number of hydrogen-bond donors (Lipinski definition) is 1. The van der Waals surface area contributed by atoms with Crippen molar-refractivity contribution >= 4 is 27.6 Å². The van der Waals surface area contributed by atoms with Crippen molar-refractivity contribution < 1.29 is 4.79 Å². The molecule has 1 aromatic heterocycles. The summed E-state index contributed by atoms with van der Waals surface area (Å²) in [5.41, 5.74) is 4.45. The number of hydrogen-bond acceptors (Lipinski definition) is 1. The Balaban J connectivity index is 1.73. The monoisotopic (exact) mass is 453 g/mol. The minimum atomic E-state index is -0.0696. The molecular formula is C24H28BrN3O. The van der Waals surface area contributed by atoms with Crippen molar-refractivity contribution in [3.8, 4) is 0 Å². The van der Waals surface area contributed by atoms with E-state index in [1.54, 1.807) is 0 Å². The van der Waals surface area contributed by atoms with E-state index in [0.29, 0.717) is 6.54 Å². The molecule has 0 atom stereocenters. The van der Waals surface area contributed by atoms with Gasteiger partial charge in [-0.15, -0.1) is 0 Å². The fourth-order valence-electron chi connectivity index (χ4n) is 3.32. The van der Waals surface area contributed by atoms with Gasteiger partial charge >= 0.3 is 6.03 Å². The van der Waals surface area contributed by atoms with Crippen LogP contribution in [-0.2, 0) is 13.1 Å². The molecule has 0 aliphatic heterocycles. The van der Waals surface area contributed by atoms with Gasteiger partial charge < -0.3 is 14.8 Å². The third kappa shape index (κ3) is 6.23. The third-order valence-electron chi connectivity index (χ3n) is 4.86. The summed E-state index contributed by atoms with van der Waals surface area (Å²) >= 11 is 3.46. The summed E-state index contributed by atoms with van der Waals surface area (Å²) in [6, 6.07) is 20.3. The number of urea groups is 1. The molecule has 0 saturated heterocycles. The molecule has 3 rings (SSSR count). The number of rotatable bonds is 8. The first-order chi connectivity index (χ1) is 14.0. The minimum absolute atomic E-state index is 0.0696. The van der Waals surface area contributed by atoms with Gasteiger partial charge in [0.15, 0.2) is 0 Å². The summed E-state index contributed by atoms with van der Waals surface area (Å²) < 4.78 is 3.17. The van der Waals surface area contributed by atoms with Crippen LogP contribution >= 0.6 is 15.9 Å². The van der Waals surface area contributed by atoms with Gasteiger partial charge in [-0.1, -0.05) is 65.2 Å². The first-order valence-corrected chi connectivity index (χ1v) is 10.9. The van der Waals surface area contributed by atoms with E-state index < -0.39 is 0 Å². The van der Waals surface area contributed by atoms with Crippen LogP contribution in [-0.4, -0.2) is 22.0 Å². The van der Waals surface area contributed by atoms with E-state index in [0.717, 1.165) is 41.8 Å². The molecule has 0 radical (unpaired) electrons. The Morgan fingerprint density at radius 3 is 2.69 bits per heavy atom. The first-order valence-electron chi connectivity index (χ1n) is 10.1. The van der Waals surface area contributed by atoms with Gasteiger partial charge in [-0.25, -0.2) is 4.79 Å². The normalized spacial score (nSPS) is 10.7. The van der Waals surface area contributed by atoms with Crippen LogP contribution in [0.2, 0.25) is 0 Å². The maximum Gasteiger partial charge on any atom is 0.322 e. The molecule has 0 aliphatic carbocycles. The molecule has 0 unspecified atom stereocenters. The van der Waals surface area contributed by atoms with Crippen LogP contribution in [0.25, 0.3) is 0 Å². The Morgan fingerprint density at radius 2 is 1.93 bits per heavy atom. The highest BCUT2D eigenvalue weighted by Gasteiger charge is 2.16. The van der Waals surface area contributed by atoms with Crippen molar-refractivity contribution in [3.63, 3.8) is 0 Å². The summed E-state index contributed by atoms with van der Waals surface area (Å²) in [6.07, 6.45) is 4.11. The lowest BCUT2D eigenvalue weighted by atomic mass is 10.1. The molecule has 2 amide bonds. The number of carbonyl (C=O) groups is 1. The SMILES string of the molecule is CCCCN(Cc1cccn1Cc1cccc(C)c1)C(=O)Nc1cccc(Br)c1. The predicted molar refractivity (Wildman–Crippen MR) is 123 cm³/mol. The van der Waals surface area contributed by atoms with Gasteiger partial charge in [0.05, 0.1) is 6.54 Å².